The highest BCUT2D eigenvalue weighted by molar-refractivity contribution is 5.83. The van der Waals surface area contributed by atoms with Gasteiger partial charge in [-0.05, 0) is 51.6 Å². The smallest absolute Gasteiger partial charge is 0.122 e. The van der Waals surface area contributed by atoms with E-state index in [4.69, 9.17) is 4.74 Å². The van der Waals surface area contributed by atoms with Crippen molar-refractivity contribution >= 4 is 10.8 Å². The fourth-order valence-electron chi connectivity index (χ4n) is 4.33. The van der Waals surface area contributed by atoms with Crippen molar-refractivity contribution in [1.29, 1.82) is 0 Å². The van der Waals surface area contributed by atoms with Gasteiger partial charge >= 0.3 is 0 Å². The molecule has 0 spiro atoms. The van der Waals surface area contributed by atoms with Gasteiger partial charge < -0.3 is 4.74 Å². The topological polar surface area (TPSA) is 9.23 Å². The van der Waals surface area contributed by atoms with Gasteiger partial charge in [-0.15, -0.1) is 0 Å². The van der Waals surface area contributed by atoms with Gasteiger partial charge in [0, 0.05) is 0 Å². The first-order valence-electron chi connectivity index (χ1n) is 12.4. The first kappa shape index (κ1) is 26.0. The van der Waals surface area contributed by atoms with Gasteiger partial charge in [0.2, 0.25) is 0 Å². The molecule has 1 aliphatic rings. The number of hydrogen-bond acceptors (Lipinski definition) is 1. The van der Waals surface area contributed by atoms with Crippen molar-refractivity contribution in [3.63, 3.8) is 0 Å². The molecule has 0 N–H and O–H groups in total. The summed E-state index contributed by atoms with van der Waals surface area (Å²) in [6, 6.07) is 23.3. The molecule has 32 heavy (non-hydrogen) atoms. The summed E-state index contributed by atoms with van der Waals surface area (Å²) in [4.78, 5) is 0. The lowest BCUT2D eigenvalue weighted by atomic mass is 9.95. The second kappa shape index (κ2) is 13.3. The summed E-state index contributed by atoms with van der Waals surface area (Å²) in [6.07, 6.45) is 5.97. The standard InChI is InChI=1S/C13H14.C10H14O.C8H16/c1-10(2)12-8-7-11-5-3-4-6-13(11)9-12;1-8(2)9-6-4-5-7-10(9)11-3;1-7(2)8-5-3-4-6-8/h3-10H,1-2H3;4-8H,1-3H3;7-8H,3-6H2,1-2H3. The number of ether oxygens (including phenoxy) is 1. The van der Waals surface area contributed by atoms with E-state index in [0.29, 0.717) is 11.8 Å². The van der Waals surface area contributed by atoms with Gasteiger partial charge in [-0.3, -0.25) is 0 Å². The highest BCUT2D eigenvalue weighted by Gasteiger charge is 2.17. The predicted octanol–water partition coefficient (Wildman–Crippen LogP) is 9.61. The molecule has 1 nitrogen and oxygen atoms in total. The number of benzene rings is 3. The summed E-state index contributed by atoms with van der Waals surface area (Å²) >= 11 is 0. The van der Waals surface area contributed by atoms with Crippen LogP contribution in [0.3, 0.4) is 0 Å². The van der Waals surface area contributed by atoms with Crippen molar-refractivity contribution in [3.05, 3.63) is 77.9 Å². The molecule has 0 atom stereocenters. The second-order valence-electron chi connectivity index (χ2n) is 9.95. The molecule has 1 saturated carbocycles. The van der Waals surface area contributed by atoms with E-state index in [2.05, 4.69) is 90.1 Å². The summed E-state index contributed by atoms with van der Waals surface area (Å²) in [6.45, 7) is 13.5. The maximum Gasteiger partial charge on any atom is 0.122 e. The van der Waals surface area contributed by atoms with E-state index in [0.717, 1.165) is 17.6 Å². The Labute approximate surface area is 197 Å². The molecule has 0 aliphatic heterocycles. The average Bonchev–Trinajstić information content (AvgIpc) is 3.35. The van der Waals surface area contributed by atoms with Crippen LogP contribution >= 0.6 is 0 Å². The van der Waals surface area contributed by atoms with E-state index in [1.807, 2.05) is 18.2 Å². The molecule has 0 amide bonds. The van der Waals surface area contributed by atoms with Crippen LogP contribution in [0.4, 0.5) is 0 Å². The molecule has 0 heterocycles. The number of hydrogen-bond donors (Lipinski definition) is 0. The molecule has 174 valence electrons. The van der Waals surface area contributed by atoms with Crippen LogP contribution in [-0.4, -0.2) is 7.11 Å². The first-order chi connectivity index (χ1) is 15.3. The maximum absolute atomic E-state index is 5.21. The van der Waals surface area contributed by atoms with Gasteiger partial charge in [0.25, 0.3) is 0 Å². The predicted molar refractivity (Wildman–Crippen MR) is 142 cm³/mol. The molecule has 0 radical (unpaired) electrons. The Morgan fingerprint density at radius 3 is 1.78 bits per heavy atom. The van der Waals surface area contributed by atoms with Gasteiger partial charge in [-0.25, -0.2) is 0 Å². The van der Waals surface area contributed by atoms with Crippen molar-refractivity contribution in [2.75, 3.05) is 7.11 Å². The van der Waals surface area contributed by atoms with E-state index in [-0.39, 0.29) is 0 Å². The van der Waals surface area contributed by atoms with Gasteiger partial charge in [0.05, 0.1) is 7.11 Å². The van der Waals surface area contributed by atoms with E-state index in [9.17, 15) is 0 Å². The quantitative estimate of drug-likeness (QED) is 0.398. The lowest BCUT2D eigenvalue weighted by molar-refractivity contribution is 0.396. The zero-order chi connectivity index (χ0) is 23.5. The Balaban J connectivity index is 0.000000175. The Kier molecular flexibility index (Phi) is 10.8. The van der Waals surface area contributed by atoms with Gasteiger partial charge in [0.1, 0.15) is 5.75 Å². The first-order valence-corrected chi connectivity index (χ1v) is 12.4. The molecule has 0 unspecified atom stereocenters. The number of para-hydroxylation sites is 1. The molecule has 4 rings (SSSR count). The lowest BCUT2D eigenvalue weighted by Gasteiger charge is -2.11. The number of fused-ring (bicyclic) bond motifs is 1. The van der Waals surface area contributed by atoms with E-state index in [1.54, 1.807) is 7.11 Å². The van der Waals surface area contributed by atoms with E-state index < -0.39 is 0 Å². The third-order valence-electron chi connectivity index (χ3n) is 6.54. The Morgan fingerprint density at radius 1 is 0.688 bits per heavy atom. The van der Waals surface area contributed by atoms with Crippen LogP contribution in [0.5, 0.6) is 5.75 Å². The highest BCUT2D eigenvalue weighted by atomic mass is 16.5. The monoisotopic (exact) mass is 432 g/mol. The van der Waals surface area contributed by atoms with Crippen LogP contribution in [0.25, 0.3) is 10.8 Å². The molecule has 3 aromatic carbocycles. The van der Waals surface area contributed by atoms with Crippen molar-refractivity contribution in [3.8, 4) is 5.75 Å². The van der Waals surface area contributed by atoms with Crippen LogP contribution in [-0.2, 0) is 0 Å². The number of methoxy groups -OCH3 is 1. The van der Waals surface area contributed by atoms with Crippen LogP contribution in [0, 0.1) is 11.8 Å². The molecule has 0 aromatic heterocycles. The Morgan fingerprint density at radius 2 is 1.28 bits per heavy atom. The fourth-order valence-corrected chi connectivity index (χ4v) is 4.33. The molecule has 1 heteroatoms. The number of rotatable bonds is 4. The lowest BCUT2D eigenvalue weighted by Crippen LogP contribution is -2.01. The van der Waals surface area contributed by atoms with Gasteiger partial charge in [-0.1, -0.05) is 128 Å². The molecular weight excluding hydrogens is 388 g/mol. The Bertz CT molecular complexity index is 916. The second-order valence-corrected chi connectivity index (χ2v) is 9.95. The third-order valence-corrected chi connectivity index (χ3v) is 6.54. The minimum Gasteiger partial charge on any atom is -0.496 e. The third kappa shape index (κ3) is 8.01. The minimum absolute atomic E-state index is 0.533. The van der Waals surface area contributed by atoms with Crippen LogP contribution in [0.15, 0.2) is 66.7 Å². The van der Waals surface area contributed by atoms with Crippen molar-refractivity contribution in [2.24, 2.45) is 11.8 Å². The summed E-state index contributed by atoms with van der Waals surface area (Å²) in [7, 11) is 1.71. The molecule has 1 aliphatic carbocycles. The Hall–Kier alpha value is -2.28. The molecule has 1 fully saturated rings. The summed E-state index contributed by atoms with van der Waals surface area (Å²) in [5.41, 5.74) is 2.69. The minimum atomic E-state index is 0.533. The van der Waals surface area contributed by atoms with Crippen LogP contribution in [0.1, 0.15) is 90.2 Å². The van der Waals surface area contributed by atoms with E-state index in [1.165, 1.54) is 47.6 Å². The normalized spacial score (nSPS) is 13.7. The zero-order valence-electron chi connectivity index (χ0n) is 21.4. The van der Waals surface area contributed by atoms with Crippen molar-refractivity contribution in [2.45, 2.75) is 79.1 Å². The van der Waals surface area contributed by atoms with Crippen molar-refractivity contribution < 1.29 is 4.74 Å². The zero-order valence-corrected chi connectivity index (χ0v) is 21.4. The van der Waals surface area contributed by atoms with E-state index >= 15 is 0 Å². The molecule has 0 bridgehead atoms. The summed E-state index contributed by atoms with van der Waals surface area (Å²) < 4.78 is 5.21. The SMILES string of the molecule is CC(C)C1CCCC1.CC(C)c1ccc2ccccc2c1.COc1ccccc1C(C)C. The summed E-state index contributed by atoms with van der Waals surface area (Å²) in [5.74, 6) is 4.14. The molecule has 0 saturated heterocycles. The van der Waals surface area contributed by atoms with Crippen LogP contribution in [0.2, 0.25) is 0 Å². The maximum atomic E-state index is 5.21. The average molecular weight is 433 g/mol. The summed E-state index contributed by atoms with van der Waals surface area (Å²) in [5, 5.41) is 2.67. The van der Waals surface area contributed by atoms with Crippen LogP contribution < -0.4 is 4.74 Å². The van der Waals surface area contributed by atoms with Crippen molar-refractivity contribution in [1.82, 2.24) is 0 Å². The molecular formula is C31H44O. The fraction of sp³-hybridized carbons (Fsp3) is 0.484. The highest BCUT2D eigenvalue weighted by Crippen LogP contribution is 2.30. The molecule has 3 aromatic rings. The van der Waals surface area contributed by atoms with Gasteiger partial charge in [0.15, 0.2) is 0 Å². The van der Waals surface area contributed by atoms with Gasteiger partial charge in [-0.2, -0.15) is 0 Å². The largest absolute Gasteiger partial charge is 0.496 e.